The summed E-state index contributed by atoms with van der Waals surface area (Å²) in [5.74, 6) is -0.129. The van der Waals surface area contributed by atoms with Gasteiger partial charge in [0.2, 0.25) is 0 Å². The molecule has 1 aliphatic heterocycles. The molecule has 1 aromatic heterocycles. The van der Waals surface area contributed by atoms with E-state index in [0.717, 1.165) is 44.1 Å². The Morgan fingerprint density at radius 3 is 2.38 bits per heavy atom. The molecule has 0 atom stereocenters. The van der Waals surface area contributed by atoms with Crippen LogP contribution in [0.5, 0.6) is 0 Å². The number of anilines is 2. The third kappa shape index (κ3) is 6.67. The number of nitrogens with zero attached hydrogens (tertiary/aromatic N) is 3. The van der Waals surface area contributed by atoms with Crippen LogP contribution in [0.15, 0.2) is 95.4 Å². The van der Waals surface area contributed by atoms with E-state index in [1.54, 1.807) is 18.2 Å². The summed E-state index contributed by atoms with van der Waals surface area (Å²) in [7, 11) is 0. The van der Waals surface area contributed by atoms with Gasteiger partial charge >= 0.3 is 0 Å². The number of rotatable bonds is 7. The SMILES string of the molecule is O=C(NC(=S)Nc1ccc(N2CCN(Cc3ccccc3)CC2)cc1)c1ccc(-c2cccc([N+](=O)[O-])c2)o1. The van der Waals surface area contributed by atoms with Crippen molar-refractivity contribution in [3.05, 3.63) is 112 Å². The van der Waals surface area contributed by atoms with Gasteiger partial charge in [-0.2, -0.15) is 0 Å². The fraction of sp³-hybridized carbons (Fsp3) is 0.172. The molecule has 1 fully saturated rings. The number of piperazine rings is 1. The van der Waals surface area contributed by atoms with Crippen molar-refractivity contribution >= 4 is 40.3 Å². The maximum atomic E-state index is 12.6. The number of carbonyl (C=O) groups is 1. The van der Waals surface area contributed by atoms with Crippen LogP contribution in [0.25, 0.3) is 11.3 Å². The van der Waals surface area contributed by atoms with E-state index in [1.807, 2.05) is 30.3 Å². The smallest absolute Gasteiger partial charge is 0.293 e. The molecule has 0 bridgehead atoms. The molecule has 2 heterocycles. The van der Waals surface area contributed by atoms with E-state index < -0.39 is 10.8 Å². The second-order valence-electron chi connectivity index (χ2n) is 9.18. The molecule has 39 heavy (non-hydrogen) atoms. The van der Waals surface area contributed by atoms with Gasteiger partial charge in [-0.25, -0.2) is 0 Å². The zero-order valence-corrected chi connectivity index (χ0v) is 21.9. The van der Waals surface area contributed by atoms with Crippen molar-refractivity contribution < 1.29 is 14.1 Å². The maximum absolute atomic E-state index is 12.6. The quantitative estimate of drug-likeness (QED) is 0.185. The molecule has 3 aromatic carbocycles. The molecule has 9 nitrogen and oxygen atoms in total. The zero-order valence-electron chi connectivity index (χ0n) is 21.1. The van der Waals surface area contributed by atoms with E-state index in [9.17, 15) is 14.9 Å². The van der Waals surface area contributed by atoms with E-state index in [-0.39, 0.29) is 16.6 Å². The molecular weight excluding hydrogens is 514 g/mol. The second kappa shape index (κ2) is 11.9. The average molecular weight is 542 g/mol. The van der Waals surface area contributed by atoms with Crippen LogP contribution >= 0.6 is 12.2 Å². The molecule has 4 aromatic rings. The Bertz CT molecular complexity index is 1460. The van der Waals surface area contributed by atoms with Crippen LogP contribution in [0.2, 0.25) is 0 Å². The van der Waals surface area contributed by atoms with E-state index in [0.29, 0.717) is 11.3 Å². The molecule has 0 aliphatic carbocycles. The molecule has 0 spiro atoms. The molecule has 0 radical (unpaired) electrons. The topological polar surface area (TPSA) is 104 Å². The summed E-state index contributed by atoms with van der Waals surface area (Å²) in [6.45, 7) is 4.88. The van der Waals surface area contributed by atoms with Gasteiger partial charge in [-0.1, -0.05) is 42.5 Å². The van der Waals surface area contributed by atoms with Crippen molar-refractivity contribution in [2.45, 2.75) is 6.54 Å². The van der Waals surface area contributed by atoms with Crippen LogP contribution in [0.4, 0.5) is 17.1 Å². The first-order chi connectivity index (χ1) is 18.9. The Morgan fingerprint density at radius 1 is 0.923 bits per heavy atom. The number of benzene rings is 3. The van der Waals surface area contributed by atoms with E-state index in [4.69, 9.17) is 16.6 Å². The molecule has 2 N–H and O–H groups in total. The number of hydrogen-bond donors (Lipinski definition) is 2. The Labute approximate surface area is 231 Å². The first kappa shape index (κ1) is 26.1. The van der Waals surface area contributed by atoms with Gasteiger partial charge in [0.05, 0.1) is 4.92 Å². The lowest BCUT2D eigenvalue weighted by Gasteiger charge is -2.36. The molecule has 0 unspecified atom stereocenters. The second-order valence-corrected chi connectivity index (χ2v) is 9.58. The van der Waals surface area contributed by atoms with E-state index in [1.165, 1.54) is 23.8 Å². The number of amides is 1. The Kier molecular flexibility index (Phi) is 7.95. The number of carbonyl (C=O) groups excluding carboxylic acids is 1. The minimum Gasteiger partial charge on any atom is -0.451 e. The summed E-state index contributed by atoms with van der Waals surface area (Å²) < 4.78 is 5.61. The van der Waals surface area contributed by atoms with Crippen molar-refractivity contribution in [3.8, 4) is 11.3 Å². The maximum Gasteiger partial charge on any atom is 0.293 e. The lowest BCUT2D eigenvalue weighted by Crippen LogP contribution is -2.45. The predicted octanol–water partition coefficient (Wildman–Crippen LogP) is 5.30. The fourth-order valence-corrected chi connectivity index (χ4v) is 4.69. The molecule has 0 saturated carbocycles. The van der Waals surface area contributed by atoms with E-state index in [2.05, 4.69) is 44.7 Å². The third-order valence-electron chi connectivity index (χ3n) is 6.51. The number of nitrogens with one attached hydrogen (secondary N) is 2. The summed E-state index contributed by atoms with van der Waals surface area (Å²) in [6.07, 6.45) is 0. The predicted molar refractivity (Wildman–Crippen MR) is 155 cm³/mol. The summed E-state index contributed by atoms with van der Waals surface area (Å²) in [5, 5.41) is 16.8. The zero-order chi connectivity index (χ0) is 27.2. The highest BCUT2D eigenvalue weighted by atomic mass is 32.1. The van der Waals surface area contributed by atoms with Gasteiger partial charge in [0.15, 0.2) is 10.9 Å². The van der Waals surface area contributed by atoms with Crippen molar-refractivity contribution in [2.75, 3.05) is 36.4 Å². The summed E-state index contributed by atoms with van der Waals surface area (Å²) in [5.41, 5.74) is 3.67. The lowest BCUT2D eigenvalue weighted by atomic mass is 10.1. The van der Waals surface area contributed by atoms with Gasteiger partial charge in [0.25, 0.3) is 11.6 Å². The molecule has 1 saturated heterocycles. The summed E-state index contributed by atoms with van der Waals surface area (Å²) in [6, 6.07) is 27.6. The molecule has 5 rings (SSSR count). The van der Waals surface area contributed by atoms with Gasteiger partial charge in [0.1, 0.15) is 5.76 Å². The summed E-state index contributed by atoms with van der Waals surface area (Å²) >= 11 is 5.31. The average Bonchev–Trinajstić information content (AvgIpc) is 3.45. The van der Waals surface area contributed by atoms with Gasteiger partial charge < -0.3 is 14.6 Å². The number of furan rings is 1. The highest BCUT2D eigenvalue weighted by Crippen LogP contribution is 2.26. The fourth-order valence-electron chi connectivity index (χ4n) is 4.48. The molecule has 198 valence electrons. The van der Waals surface area contributed by atoms with Gasteiger partial charge in [-0.15, -0.1) is 0 Å². The van der Waals surface area contributed by atoms with Crippen LogP contribution in [0.1, 0.15) is 16.1 Å². The van der Waals surface area contributed by atoms with Crippen LogP contribution in [-0.2, 0) is 6.54 Å². The highest BCUT2D eigenvalue weighted by Gasteiger charge is 2.18. The normalized spacial score (nSPS) is 13.6. The lowest BCUT2D eigenvalue weighted by molar-refractivity contribution is -0.384. The van der Waals surface area contributed by atoms with Crippen LogP contribution in [0.3, 0.4) is 0 Å². The van der Waals surface area contributed by atoms with Crippen LogP contribution in [-0.4, -0.2) is 47.0 Å². The standard InChI is InChI=1S/C29H27N5O4S/c35-28(27-14-13-26(38-27)22-7-4-8-25(19-22)34(36)37)31-29(39)30-23-9-11-24(12-10-23)33-17-15-32(16-18-33)20-21-5-2-1-3-6-21/h1-14,19H,15-18,20H2,(H2,30,31,35,39). The molecular formula is C29H27N5O4S. The number of thiocarbonyl (C=S) groups is 1. The molecule has 1 aliphatic rings. The van der Waals surface area contributed by atoms with Gasteiger partial charge in [0, 0.05) is 61.8 Å². The summed E-state index contributed by atoms with van der Waals surface area (Å²) in [4.78, 5) is 28.0. The minimum absolute atomic E-state index is 0.0439. The van der Waals surface area contributed by atoms with Crippen molar-refractivity contribution in [1.29, 1.82) is 0 Å². The van der Waals surface area contributed by atoms with Crippen LogP contribution < -0.4 is 15.5 Å². The minimum atomic E-state index is -0.519. The third-order valence-corrected chi connectivity index (χ3v) is 6.71. The Hall–Kier alpha value is -4.54. The first-order valence-electron chi connectivity index (χ1n) is 12.5. The Morgan fingerprint density at radius 2 is 1.67 bits per heavy atom. The number of hydrogen-bond acceptors (Lipinski definition) is 7. The van der Waals surface area contributed by atoms with Crippen molar-refractivity contribution in [2.24, 2.45) is 0 Å². The van der Waals surface area contributed by atoms with Gasteiger partial charge in [-0.3, -0.25) is 25.1 Å². The monoisotopic (exact) mass is 541 g/mol. The number of nitro benzene ring substituents is 1. The van der Waals surface area contributed by atoms with Gasteiger partial charge in [-0.05, 0) is 54.2 Å². The van der Waals surface area contributed by atoms with Crippen molar-refractivity contribution in [3.63, 3.8) is 0 Å². The Balaban J connectivity index is 1.11. The first-order valence-corrected chi connectivity index (χ1v) is 12.9. The largest absolute Gasteiger partial charge is 0.451 e. The molecule has 1 amide bonds. The molecule has 10 heteroatoms. The number of non-ortho nitro benzene ring substituents is 1. The highest BCUT2D eigenvalue weighted by molar-refractivity contribution is 7.80. The van der Waals surface area contributed by atoms with E-state index >= 15 is 0 Å². The van der Waals surface area contributed by atoms with Crippen LogP contribution in [0, 0.1) is 10.1 Å². The number of nitro groups is 1. The van der Waals surface area contributed by atoms with Crippen molar-refractivity contribution in [1.82, 2.24) is 10.2 Å².